The molecule has 0 aliphatic carbocycles. The van der Waals surface area contributed by atoms with E-state index in [0.29, 0.717) is 30.9 Å². The number of anilines is 1. The highest BCUT2D eigenvalue weighted by Gasteiger charge is 2.25. The molecular formula is C25H27FN4O2S2. The van der Waals surface area contributed by atoms with E-state index in [1.165, 1.54) is 12.1 Å². The lowest BCUT2D eigenvalue weighted by Gasteiger charge is -2.33. The van der Waals surface area contributed by atoms with Gasteiger partial charge in [-0.1, -0.05) is 30.0 Å². The molecule has 2 N–H and O–H groups in total. The Morgan fingerprint density at radius 1 is 1.24 bits per heavy atom. The summed E-state index contributed by atoms with van der Waals surface area (Å²) in [5.41, 5.74) is 3.27. The molecule has 1 aliphatic rings. The predicted octanol–water partition coefficient (Wildman–Crippen LogP) is 5.56. The van der Waals surface area contributed by atoms with Crippen LogP contribution in [0.15, 0.2) is 58.3 Å². The molecule has 1 unspecified atom stereocenters. The molecule has 34 heavy (non-hydrogen) atoms. The number of nitrogens with zero attached hydrogens (tertiary/aromatic N) is 2. The van der Waals surface area contributed by atoms with Crippen LogP contribution in [0.5, 0.6) is 0 Å². The molecule has 0 bridgehead atoms. The number of carbonyl (C=O) groups excluding carboxylic acids is 2. The normalized spacial score (nSPS) is 15.7. The molecule has 3 aromatic rings. The van der Waals surface area contributed by atoms with E-state index in [-0.39, 0.29) is 17.9 Å². The molecule has 178 valence electrons. The number of benzene rings is 2. The standard InChI is InChI=1S/C25H27FN4O2S2/c1-17-15-33-25(28-17)34-16-18-7-9-20(10-8-18)23(31)30-11-3-4-19(14-30)13-27-24(32)29-22-6-2-5-21(26)12-22/h2,5-10,12,15,19H,3-4,11,13-14,16H2,1H3,(H2,27,29,32). The first-order chi connectivity index (χ1) is 16.5. The van der Waals surface area contributed by atoms with Crippen LogP contribution >= 0.6 is 23.1 Å². The van der Waals surface area contributed by atoms with Crippen molar-refractivity contribution in [2.24, 2.45) is 5.92 Å². The van der Waals surface area contributed by atoms with Gasteiger partial charge in [0.05, 0.1) is 0 Å². The summed E-state index contributed by atoms with van der Waals surface area (Å²) in [6.07, 6.45) is 1.84. The van der Waals surface area contributed by atoms with Gasteiger partial charge in [0.25, 0.3) is 5.91 Å². The van der Waals surface area contributed by atoms with Crippen LogP contribution < -0.4 is 10.6 Å². The van der Waals surface area contributed by atoms with E-state index in [9.17, 15) is 14.0 Å². The topological polar surface area (TPSA) is 74.3 Å². The van der Waals surface area contributed by atoms with E-state index in [0.717, 1.165) is 34.2 Å². The first-order valence-electron chi connectivity index (χ1n) is 11.2. The van der Waals surface area contributed by atoms with Gasteiger partial charge in [-0.05, 0) is 61.6 Å². The Morgan fingerprint density at radius 2 is 2.06 bits per heavy atom. The number of hydrogen-bond acceptors (Lipinski definition) is 5. The predicted molar refractivity (Wildman–Crippen MR) is 135 cm³/mol. The minimum atomic E-state index is -0.402. The number of aromatic nitrogens is 1. The average molecular weight is 499 g/mol. The summed E-state index contributed by atoms with van der Waals surface area (Å²) in [6.45, 7) is 3.76. The third-order valence-corrected chi connectivity index (χ3v) is 7.81. The highest BCUT2D eigenvalue weighted by molar-refractivity contribution is 8.00. The first-order valence-corrected chi connectivity index (χ1v) is 13.1. The number of rotatable bonds is 7. The van der Waals surface area contributed by atoms with E-state index < -0.39 is 5.82 Å². The van der Waals surface area contributed by atoms with Gasteiger partial charge in [0.15, 0.2) is 0 Å². The minimum absolute atomic E-state index is 0.0173. The summed E-state index contributed by atoms with van der Waals surface area (Å²) in [5.74, 6) is 0.606. The zero-order valence-electron chi connectivity index (χ0n) is 18.9. The van der Waals surface area contributed by atoms with E-state index in [1.807, 2.05) is 41.5 Å². The molecule has 0 saturated carbocycles. The van der Waals surface area contributed by atoms with Gasteiger partial charge in [0.2, 0.25) is 0 Å². The molecule has 1 saturated heterocycles. The Bertz CT molecular complexity index is 1140. The molecule has 6 nitrogen and oxygen atoms in total. The minimum Gasteiger partial charge on any atom is -0.338 e. The van der Waals surface area contributed by atoms with Crippen LogP contribution in [-0.4, -0.2) is 41.5 Å². The molecule has 1 aliphatic heterocycles. The summed E-state index contributed by atoms with van der Waals surface area (Å²) in [5, 5.41) is 7.52. The van der Waals surface area contributed by atoms with Crippen LogP contribution in [0.25, 0.3) is 0 Å². The van der Waals surface area contributed by atoms with Crippen molar-refractivity contribution in [2.45, 2.75) is 29.9 Å². The summed E-state index contributed by atoms with van der Waals surface area (Å²) in [6, 6.07) is 13.2. The Labute approximate surface area is 207 Å². The second-order valence-electron chi connectivity index (χ2n) is 8.35. The summed E-state index contributed by atoms with van der Waals surface area (Å²) < 4.78 is 14.3. The molecule has 1 fully saturated rings. The van der Waals surface area contributed by atoms with Crippen molar-refractivity contribution in [3.8, 4) is 0 Å². The summed E-state index contributed by atoms with van der Waals surface area (Å²) >= 11 is 3.35. The van der Waals surface area contributed by atoms with Crippen molar-refractivity contribution < 1.29 is 14.0 Å². The molecule has 0 radical (unpaired) electrons. The van der Waals surface area contributed by atoms with Crippen LogP contribution in [0.2, 0.25) is 0 Å². The van der Waals surface area contributed by atoms with E-state index in [1.54, 1.807) is 35.2 Å². The second-order valence-corrected chi connectivity index (χ2v) is 10.4. The first kappa shape index (κ1) is 24.2. The van der Waals surface area contributed by atoms with Gasteiger partial charge < -0.3 is 15.5 Å². The van der Waals surface area contributed by atoms with Crippen LogP contribution in [0.3, 0.4) is 0 Å². The largest absolute Gasteiger partial charge is 0.338 e. The number of piperidine rings is 1. The highest BCUT2D eigenvalue weighted by atomic mass is 32.2. The Morgan fingerprint density at radius 3 is 2.79 bits per heavy atom. The highest BCUT2D eigenvalue weighted by Crippen LogP contribution is 2.26. The Balaban J connectivity index is 1.25. The molecule has 1 aromatic heterocycles. The van der Waals surface area contributed by atoms with E-state index >= 15 is 0 Å². The number of thiazole rings is 1. The number of halogens is 1. The van der Waals surface area contributed by atoms with Crippen LogP contribution in [0.4, 0.5) is 14.9 Å². The molecular weight excluding hydrogens is 471 g/mol. The fraction of sp³-hybridized carbons (Fsp3) is 0.320. The zero-order chi connectivity index (χ0) is 23.9. The molecule has 0 spiro atoms. The van der Waals surface area contributed by atoms with Crippen LogP contribution in [0, 0.1) is 18.7 Å². The lowest BCUT2D eigenvalue weighted by molar-refractivity contribution is 0.0675. The number of nitrogens with one attached hydrogen (secondary N) is 2. The molecule has 3 amide bonds. The maximum absolute atomic E-state index is 13.3. The number of amides is 3. The van der Waals surface area contributed by atoms with Gasteiger partial charge in [-0.2, -0.15) is 0 Å². The zero-order valence-corrected chi connectivity index (χ0v) is 20.6. The van der Waals surface area contributed by atoms with Gasteiger partial charge in [0, 0.05) is 47.7 Å². The SMILES string of the molecule is Cc1csc(SCc2ccc(C(=O)N3CCCC(CNC(=O)Nc4cccc(F)c4)C3)cc2)n1. The number of urea groups is 1. The molecule has 9 heteroatoms. The molecule has 1 atom stereocenters. The third kappa shape index (κ3) is 6.80. The second kappa shape index (κ2) is 11.5. The van der Waals surface area contributed by atoms with Gasteiger partial charge >= 0.3 is 6.03 Å². The summed E-state index contributed by atoms with van der Waals surface area (Å²) in [4.78, 5) is 31.5. The molecule has 2 aromatic carbocycles. The fourth-order valence-electron chi connectivity index (χ4n) is 3.86. The van der Waals surface area contributed by atoms with E-state index in [4.69, 9.17) is 0 Å². The maximum Gasteiger partial charge on any atom is 0.319 e. The van der Waals surface area contributed by atoms with Crippen molar-refractivity contribution in [1.82, 2.24) is 15.2 Å². The smallest absolute Gasteiger partial charge is 0.319 e. The summed E-state index contributed by atoms with van der Waals surface area (Å²) in [7, 11) is 0. The van der Waals surface area contributed by atoms with Gasteiger partial charge in [0.1, 0.15) is 10.2 Å². The van der Waals surface area contributed by atoms with Gasteiger partial charge in [-0.25, -0.2) is 14.2 Å². The number of aryl methyl sites for hydroxylation is 1. The van der Waals surface area contributed by atoms with Crippen molar-refractivity contribution in [3.63, 3.8) is 0 Å². The van der Waals surface area contributed by atoms with E-state index in [2.05, 4.69) is 15.6 Å². The number of hydrogen-bond donors (Lipinski definition) is 2. The Kier molecular flexibility index (Phi) is 8.18. The molecule has 2 heterocycles. The lowest BCUT2D eigenvalue weighted by atomic mass is 9.97. The maximum atomic E-state index is 13.3. The van der Waals surface area contributed by atoms with Crippen molar-refractivity contribution in [3.05, 3.63) is 76.5 Å². The third-order valence-electron chi connectivity index (χ3n) is 5.60. The van der Waals surface area contributed by atoms with Crippen molar-refractivity contribution in [2.75, 3.05) is 25.0 Å². The quantitative estimate of drug-likeness (QED) is 0.419. The fourth-order valence-corrected chi connectivity index (χ4v) is 5.67. The molecule has 4 rings (SSSR count). The average Bonchev–Trinajstić information content (AvgIpc) is 3.26. The number of likely N-dealkylation sites (tertiary alicyclic amines) is 1. The van der Waals surface area contributed by atoms with Gasteiger partial charge in [-0.3, -0.25) is 4.79 Å². The number of thioether (sulfide) groups is 1. The monoisotopic (exact) mass is 498 g/mol. The Hall–Kier alpha value is -2.91. The van der Waals surface area contributed by atoms with Crippen LogP contribution in [0.1, 0.15) is 34.5 Å². The van der Waals surface area contributed by atoms with Crippen molar-refractivity contribution in [1.29, 1.82) is 0 Å². The van der Waals surface area contributed by atoms with Crippen LogP contribution in [-0.2, 0) is 5.75 Å². The lowest BCUT2D eigenvalue weighted by Crippen LogP contribution is -2.44. The number of carbonyl (C=O) groups is 2. The van der Waals surface area contributed by atoms with Crippen molar-refractivity contribution >= 4 is 40.7 Å². The van der Waals surface area contributed by atoms with Gasteiger partial charge in [-0.15, -0.1) is 11.3 Å².